The van der Waals surface area contributed by atoms with Crippen LogP contribution in [0.5, 0.6) is 23.0 Å². The van der Waals surface area contributed by atoms with E-state index in [9.17, 15) is 15.3 Å². The van der Waals surface area contributed by atoms with Crippen molar-refractivity contribution in [1.29, 1.82) is 0 Å². The minimum Gasteiger partial charge on any atom is -0.504 e. The van der Waals surface area contributed by atoms with Crippen LogP contribution in [0.15, 0.2) is 18.2 Å². The second-order valence-corrected chi connectivity index (χ2v) is 6.29. The normalized spacial score (nSPS) is 19.1. The van der Waals surface area contributed by atoms with E-state index < -0.39 is 0 Å². The number of rotatable bonds is 1. The number of hydrogen-bond donors (Lipinski definition) is 3. The van der Waals surface area contributed by atoms with Gasteiger partial charge in [0.2, 0.25) is 0 Å². The largest absolute Gasteiger partial charge is 0.504 e. The van der Waals surface area contributed by atoms with E-state index >= 15 is 0 Å². The first-order valence-corrected chi connectivity index (χ1v) is 7.70. The Balaban J connectivity index is 2.14. The van der Waals surface area contributed by atoms with E-state index in [0.717, 1.165) is 36.1 Å². The molecular formula is C18H19NO4. The number of benzene rings is 2. The Hall–Kier alpha value is -2.40. The molecule has 3 N–H and O–H groups in total. The van der Waals surface area contributed by atoms with Crippen LogP contribution >= 0.6 is 0 Å². The molecule has 0 fully saturated rings. The molecule has 1 heterocycles. The molecule has 2 aromatic carbocycles. The standard InChI is InChI=1S/C18H19NO4/c1-19-6-5-10-8-13(21)18(23-2)16-14(10)11(19)7-9-3-4-12(20)17(22)15(9)16/h3-4,8,11,20-22H,5-7H2,1-2H3/t11-/m0/s1. The predicted molar refractivity (Wildman–Crippen MR) is 86.2 cm³/mol. The molecule has 2 aliphatic rings. The molecule has 5 heteroatoms. The second kappa shape index (κ2) is 4.80. The zero-order valence-corrected chi connectivity index (χ0v) is 13.1. The maximum atomic E-state index is 10.4. The smallest absolute Gasteiger partial charge is 0.168 e. The molecule has 1 aliphatic heterocycles. The number of phenolic OH excluding ortho intramolecular Hbond substituents is 3. The minimum atomic E-state index is -0.162. The van der Waals surface area contributed by atoms with Crippen LogP contribution in [0.4, 0.5) is 0 Å². The average Bonchev–Trinajstić information content (AvgIpc) is 2.54. The molecule has 23 heavy (non-hydrogen) atoms. The number of methoxy groups -OCH3 is 1. The van der Waals surface area contributed by atoms with Crippen molar-refractivity contribution in [2.45, 2.75) is 18.9 Å². The molecular weight excluding hydrogens is 294 g/mol. The van der Waals surface area contributed by atoms with Crippen molar-refractivity contribution >= 4 is 0 Å². The molecule has 0 aromatic heterocycles. The summed E-state index contributed by atoms with van der Waals surface area (Å²) in [5.74, 6) is 0.108. The molecule has 0 radical (unpaired) electrons. The van der Waals surface area contributed by atoms with Crippen LogP contribution in [0.2, 0.25) is 0 Å². The SMILES string of the molecule is COc1c(O)cc2c3c1-c1c(ccc(O)c1O)C[C@@H]3N(C)CC2. The third-order valence-corrected chi connectivity index (χ3v) is 5.10. The molecule has 0 spiro atoms. The monoisotopic (exact) mass is 313 g/mol. The third kappa shape index (κ3) is 1.83. The average molecular weight is 313 g/mol. The van der Waals surface area contributed by atoms with Gasteiger partial charge in [0.15, 0.2) is 23.0 Å². The van der Waals surface area contributed by atoms with Crippen molar-refractivity contribution in [2.75, 3.05) is 20.7 Å². The highest BCUT2D eigenvalue weighted by Crippen LogP contribution is 2.55. The molecule has 0 unspecified atom stereocenters. The molecule has 2 aromatic rings. The van der Waals surface area contributed by atoms with E-state index in [2.05, 4.69) is 11.9 Å². The van der Waals surface area contributed by atoms with E-state index in [1.807, 2.05) is 6.07 Å². The van der Waals surface area contributed by atoms with Gasteiger partial charge in [-0.3, -0.25) is 4.90 Å². The van der Waals surface area contributed by atoms with Gasteiger partial charge in [0, 0.05) is 23.7 Å². The molecule has 0 bridgehead atoms. The predicted octanol–water partition coefficient (Wildman–Crippen LogP) is 2.56. The van der Waals surface area contributed by atoms with Gasteiger partial charge in [-0.05, 0) is 48.7 Å². The summed E-state index contributed by atoms with van der Waals surface area (Å²) >= 11 is 0. The molecule has 5 nitrogen and oxygen atoms in total. The van der Waals surface area contributed by atoms with Crippen molar-refractivity contribution in [3.05, 3.63) is 34.9 Å². The topological polar surface area (TPSA) is 73.2 Å². The number of likely N-dealkylation sites (N-methyl/N-ethyl adjacent to an activating group) is 1. The van der Waals surface area contributed by atoms with E-state index in [1.54, 1.807) is 6.07 Å². The molecule has 0 amide bonds. The van der Waals surface area contributed by atoms with Crippen molar-refractivity contribution in [1.82, 2.24) is 4.90 Å². The Morgan fingerprint density at radius 2 is 1.87 bits per heavy atom. The molecule has 1 atom stereocenters. The molecule has 1 aliphatic carbocycles. The number of phenols is 3. The fraction of sp³-hybridized carbons (Fsp3) is 0.333. The first-order chi connectivity index (χ1) is 11.0. The summed E-state index contributed by atoms with van der Waals surface area (Å²) in [6.07, 6.45) is 1.59. The molecule has 120 valence electrons. The number of aromatic hydroxyl groups is 3. The lowest BCUT2D eigenvalue weighted by Gasteiger charge is -2.40. The van der Waals surface area contributed by atoms with Gasteiger partial charge in [0.25, 0.3) is 0 Å². The zero-order chi connectivity index (χ0) is 16.3. The summed E-state index contributed by atoms with van der Waals surface area (Å²) in [5.41, 5.74) is 4.38. The van der Waals surface area contributed by atoms with Crippen LogP contribution < -0.4 is 4.74 Å². The van der Waals surface area contributed by atoms with Crippen LogP contribution in [0.3, 0.4) is 0 Å². The van der Waals surface area contributed by atoms with Crippen LogP contribution in [0, 0.1) is 0 Å². The Kier molecular flexibility index (Phi) is 2.96. The maximum Gasteiger partial charge on any atom is 0.168 e. The Labute approximate surface area is 134 Å². The number of hydrogen-bond acceptors (Lipinski definition) is 5. The maximum absolute atomic E-state index is 10.4. The van der Waals surface area contributed by atoms with Crippen LogP contribution in [-0.4, -0.2) is 40.9 Å². The van der Waals surface area contributed by atoms with Gasteiger partial charge in [0.1, 0.15) is 0 Å². The second-order valence-electron chi connectivity index (χ2n) is 6.29. The first kappa shape index (κ1) is 14.2. The molecule has 0 saturated heterocycles. The quantitative estimate of drug-likeness (QED) is 0.706. The first-order valence-electron chi connectivity index (χ1n) is 7.70. The van der Waals surface area contributed by atoms with E-state index in [1.165, 1.54) is 13.2 Å². The van der Waals surface area contributed by atoms with Gasteiger partial charge in [0.05, 0.1) is 7.11 Å². The number of fused-ring (bicyclic) bond motifs is 2. The summed E-state index contributed by atoms with van der Waals surface area (Å²) in [6.45, 7) is 0.919. The fourth-order valence-electron chi connectivity index (χ4n) is 3.97. The van der Waals surface area contributed by atoms with Gasteiger partial charge < -0.3 is 20.1 Å². The van der Waals surface area contributed by atoms with Gasteiger partial charge in [-0.25, -0.2) is 0 Å². The lowest BCUT2D eigenvalue weighted by Crippen LogP contribution is -2.35. The lowest BCUT2D eigenvalue weighted by molar-refractivity contribution is 0.226. The number of nitrogens with zero attached hydrogens (tertiary/aromatic N) is 1. The molecule has 0 saturated carbocycles. The van der Waals surface area contributed by atoms with E-state index in [4.69, 9.17) is 4.74 Å². The highest BCUT2D eigenvalue weighted by molar-refractivity contribution is 5.88. The van der Waals surface area contributed by atoms with Crippen molar-refractivity contribution in [3.63, 3.8) is 0 Å². The van der Waals surface area contributed by atoms with Gasteiger partial charge in [-0.2, -0.15) is 0 Å². The lowest BCUT2D eigenvalue weighted by atomic mass is 9.76. The van der Waals surface area contributed by atoms with E-state index in [0.29, 0.717) is 16.9 Å². The van der Waals surface area contributed by atoms with Crippen molar-refractivity contribution < 1.29 is 20.1 Å². The zero-order valence-electron chi connectivity index (χ0n) is 13.1. The van der Waals surface area contributed by atoms with Crippen molar-refractivity contribution in [2.24, 2.45) is 0 Å². The number of ether oxygens (including phenoxy) is 1. The Morgan fingerprint density at radius 1 is 1.09 bits per heavy atom. The fourth-order valence-corrected chi connectivity index (χ4v) is 3.97. The summed E-state index contributed by atoms with van der Waals surface area (Å²) in [5, 5.41) is 30.7. The van der Waals surface area contributed by atoms with Crippen LogP contribution in [0.25, 0.3) is 11.1 Å². The minimum absolute atomic E-state index is 0.0696. The highest BCUT2D eigenvalue weighted by Gasteiger charge is 2.37. The van der Waals surface area contributed by atoms with Gasteiger partial charge in [-0.15, -0.1) is 0 Å². The summed E-state index contributed by atoms with van der Waals surface area (Å²) < 4.78 is 5.44. The van der Waals surface area contributed by atoms with E-state index in [-0.39, 0.29) is 23.3 Å². The summed E-state index contributed by atoms with van der Waals surface area (Å²) in [4.78, 5) is 2.29. The van der Waals surface area contributed by atoms with Crippen molar-refractivity contribution in [3.8, 4) is 34.1 Å². The Morgan fingerprint density at radius 3 is 2.61 bits per heavy atom. The van der Waals surface area contributed by atoms with Crippen LogP contribution in [-0.2, 0) is 12.8 Å². The summed E-state index contributed by atoms with van der Waals surface area (Å²) in [7, 11) is 3.59. The molecule has 4 rings (SSSR count). The van der Waals surface area contributed by atoms with Gasteiger partial charge >= 0.3 is 0 Å². The Bertz CT molecular complexity index is 815. The highest BCUT2D eigenvalue weighted by atomic mass is 16.5. The summed E-state index contributed by atoms with van der Waals surface area (Å²) in [6, 6.07) is 5.29. The van der Waals surface area contributed by atoms with Gasteiger partial charge in [-0.1, -0.05) is 6.07 Å². The van der Waals surface area contributed by atoms with Crippen LogP contribution in [0.1, 0.15) is 22.7 Å². The third-order valence-electron chi connectivity index (χ3n) is 5.10.